The molecule has 8 heteroatoms. The summed E-state index contributed by atoms with van der Waals surface area (Å²) in [5.74, 6) is 0.377. The summed E-state index contributed by atoms with van der Waals surface area (Å²) in [6, 6.07) is 7.72. The van der Waals surface area contributed by atoms with E-state index in [-0.39, 0.29) is 23.6 Å². The van der Waals surface area contributed by atoms with Crippen LogP contribution in [0, 0.1) is 5.92 Å². The van der Waals surface area contributed by atoms with Gasteiger partial charge in [-0.05, 0) is 30.4 Å². The SMILES string of the molecule is CN1CC2(CC(CN3C(=O)c4ccccc4[C@@H]3Cc3c(Cl)cnn3C)C2)OC1=O. The predicted octanol–water partition coefficient (Wildman–Crippen LogP) is 3.04. The van der Waals surface area contributed by atoms with Gasteiger partial charge in [0.2, 0.25) is 0 Å². The van der Waals surface area contributed by atoms with E-state index >= 15 is 0 Å². The molecule has 5 rings (SSSR count). The molecule has 2 fully saturated rings. The summed E-state index contributed by atoms with van der Waals surface area (Å²) in [5.41, 5.74) is 2.35. The van der Waals surface area contributed by atoms with Crippen molar-refractivity contribution >= 4 is 23.6 Å². The van der Waals surface area contributed by atoms with Crippen LogP contribution >= 0.6 is 11.6 Å². The molecular weight excluding hydrogens is 392 g/mol. The lowest BCUT2D eigenvalue weighted by Gasteiger charge is -2.44. The van der Waals surface area contributed by atoms with Gasteiger partial charge in [-0.2, -0.15) is 5.10 Å². The molecule has 2 amide bonds. The van der Waals surface area contributed by atoms with Gasteiger partial charge in [0, 0.05) is 32.6 Å². The quantitative estimate of drug-likeness (QED) is 0.771. The van der Waals surface area contributed by atoms with E-state index in [4.69, 9.17) is 16.3 Å². The number of aryl methyl sites for hydroxylation is 1. The molecule has 3 heterocycles. The zero-order valence-corrected chi connectivity index (χ0v) is 17.2. The van der Waals surface area contributed by atoms with Crippen molar-refractivity contribution in [1.82, 2.24) is 19.6 Å². The number of hydrogen-bond acceptors (Lipinski definition) is 4. The highest BCUT2D eigenvalue weighted by Gasteiger charge is 2.54. The Hall–Kier alpha value is -2.54. The van der Waals surface area contributed by atoms with E-state index in [0.29, 0.717) is 30.5 Å². The van der Waals surface area contributed by atoms with Crippen LogP contribution in [0.2, 0.25) is 5.02 Å². The first-order valence-corrected chi connectivity index (χ1v) is 10.2. The van der Waals surface area contributed by atoms with Crippen LogP contribution in [0.1, 0.15) is 40.5 Å². The Morgan fingerprint density at radius 1 is 1.24 bits per heavy atom. The molecule has 1 atom stereocenters. The van der Waals surface area contributed by atoms with E-state index in [9.17, 15) is 9.59 Å². The van der Waals surface area contributed by atoms with E-state index in [1.54, 1.807) is 22.8 Å². The third-order valence-electron chi connectivity index (χ3n) is 6.50. The molecule has 1 aromatic carbocycles. The maximum absolute atomic E-state index is 13.2. The molecule has 1 spiro atoms. The molecule has 2 aliphatic heterocycles. The highest BCUT2D eigenvalue weighted by Crippen LogP contribution is 2.47. The fraction of sp³-hybridized carbons (Fsp3) is 0.476. The van der Waals surface area contributed by atoms with Gasteiger partial charge in [0.15, 0.2) is 0 Å². The van der Waals surface area contributed by atoms with Crippen LogP contribution in [0.3, 0.4) is 0 Å². The molecule has 0 unspecified atom stereocenters. The van der Waals surface area contributed by atoms with Crippen LogP contribution in [0.5, 0.6) is 0 Å². The molecule has 29 heavy (non-hydrogen) atoms. The van der Waals surface area contributed by atoms with Gasteiger partial charge in [0.1, 0.15) is 5.60 Å². The van der Waals surface area contributed by atoms with E-state index in [1.165, 1.54) is 0 Å². The summed E-state index contributed by atoms with van der Waals surface area (Å²) >= 11 is 6.35. The average molecular weight is 415 g/mol. The summed E-state index contributed by atoms with van der Waals surface area (Å²) in [5, 5.41) is 4.86. The third-order valence-corrected chi connectivity index (χ3v) is 6.82. The van der Waals surface area contributed by atoms with Crippen molar-refractivity contribution in [3.05, 3.63) is 52.3 Å². The number of ether oxygens (including phenoxy) is 1. The Kier molecular flexibility index (Phi) is 4.13. The summed E-state index contributed by atoms with van der Waals surface area (Å²) in [6.07, 6.45) is 3.60. The van der Waals surface area contributed by atoms with Gasteiger partial charge in [-0.25, -0.2) is 4.79 Å². The normalized spacial score (nSPS) is 28.1. The van der Waals surface area contributed by atoms with Gasteiger partial charge >= 0.3 is 6.09 Å². The van der Waals surface area contributed by atoms with Gasteiger partial charge in [-0.3, -0.25) is 9.48 Å². The molecule has 0 N–H and O–H groups in total. The number of benzene rings is 1. The number of carbonyl (C=O) groups excluding carboxylic acids is 2. The molecule has 152 valence electrons. The fourth-order valence-electron chi connectivity index (χ4n) is 5.13. The standard InChI is InChI=1S/C21H23ClN4O3/c1-24-12-21(29-20(24)28)8-13(9-21)11-26-17(7-18-16(22)10-23-25(18)2)14-5-3-4-6-15(14)19(26)27/h3-6,10,13,17H,7-9,11-12H2,1-2H3/t13?,17-,21?/m0/s1. The highest BCUT2D eigenvalue weighted by atomic mass is 35.5. The first-order valence-electron chi connectivity index (χ1n) is 9.87. The number of amides is 2. The second-order valence-electron chi connectivity index (χ2n) is 8.51. The van der Waals surface area contributed by atoms with Crippen molar-refractivity contribution < 1.29 is 14.3 Å². The number of rotatable bonds is 4. The lowest BCUT2D eigenvalue weighted by atomic mass is 9.70. The Labute approximate surface area is 174 Å². The van der Waals surface area contributed by atoms with E-state index < -0.39 is 0 Å². The number of halogens is 1. The van der Waals surface area contributed by atoms with Gasteiger partial charge in [-0.1, -0.05) is 29.8 Å². The van der Waals surface area contributed by atoms with Crippen LogP contribution < -0.4 is 0 Å². The lowest BCUT2D eigenvalue weighted by molar-refractivity contribution is -0.0561. The molecule has 3 aliphatic rings. The highest BCUT2D eigenvalue weighted by molar-refractivity contribution is 6.31. The minimum atomic E-state index is -0.368. The molecule has 0 bridgehead atoms. The van der Waals surface area contributed by atoms with Crippen molar-refractivity contribution in [2.75, 3.05) is 20.1 Å². The second-order valence-corrected chi connectivity index (χ2v) is 8.92. The number of likely N-dealkylation sites (N-methyl/N-ethyl adjacent to an activating group) is 1. The number of hydrogen-bond donors (Lipinski definition) is 0. The molecule has 1 saturated heterocycles. The van der Waals surface area contributed by atoms with Crippen molar-refractivity contribution in [2.45, 2.75) is 30.9 Å². The van der Waals surface area contributed by atoms with Crippen LogP contribution in [0.25, 0.3) is 0 Å². The van der Waals surface area contributed by atoms with Gasteiger partial charge in [0.25, 0.3) is 5.91 Å². The van der Waals surface area contributed by atoms with E-state index in [0.717, 1.165) is 29.7 Å². The Morgan fingerprint density at radius 3 is 2.66 bits per heavy atom. The number of aromatic nitrogens is 2. The molecular formula is C21H23ClN4O3. The van der Waals surface area contributed by atoms with Crippen LogP contribution in [0.4, 0.5) is 4.79 Å². The zero-order valence-electron chi connectivity index (χ0n) is 16.5. The van der Waals surface area contributed by atoms with E-state index in [1.807, 2.05) is 36.2 Å². The molecule has 7 nitrogen and oxygen atoms in total. The van der Waals surface area contributed by atoms with Crippen molar-refractivity contribution in [3.8, 4) is 0 Å². The zero-order chi connectivity index (χ0) is 20.3. The minimum Gasteiger partial charge on any atom is -0.441 e. The summed E-state index contributed by atoms with van der Waals surface area (Å²) in [4.78, 5) is 28.5. The fourth-order valence-corrected chi connectivity index (χ4v) is 5.37. The monoisotopic (exact) mass is 414 g/mol. The Bertz CT molecular complexity index is 978. The topological polar surface area (TPSA) is 67.7 Å². The van der Waals surface area contributed by atoms with Gasteiger partial charge in [0.05, 0.1) is 29.5 Å². The maximum atomic E-state index is 13.2. The van der Waals surface area contributed by atoms with Gasteiger partial charge in [-0.15, -0.1) is 0 Å². The van der Waals surface area contributed by atoms with E-state index in [2.05, 4.69) is 5.10 Å². The minimum absolute atomic E-state index is 0.0605. The van der Waals surface area contributed by atoms with Crippen LogP contribution in [-0.4, -0.2) is 57.3 Å². The van der Waals surface area contributed by atoms with Crippen molar-refractivity contribution in [1.29, 1.82) is 0 Å². The second kappa shape index (κ2) is 6.49. The van der Waals surface area contributed by atoms with Crippen LogP contribution in [0.15, 0.2) is 30.5 Å². The smallest absolute Gasteiger partial charge is 0.410 e. The number of nitrogens with zero attached hydrogens (tertiary/aromatic N) is 4. The van der Waals surface area contributed by atoms with Crippen LogP contribution in [-0.2, 0) is 18.2 Å². The first kappa shape index (κ1) is 18.5. The lowest BCUT2D eigenvalue weighted by Crippen LogP contribution is -2.51. The van der Waals surface area contributed by atoms with Crippen molar-refractivity contribution in [3.63, 3.8) is 0 Å². The summed E-state index contributed by atoms with van der Waals surface area (Å²) < 4.78 is 7.35. The molecule has 1 saturated carbocycles. The predicted molar refractivity (Wildman–Crippen MR) is 107 cm³/mol. The molecule has 0 radical (unpaired) electrons. The molecule has 1 aliphatic carbocycles. The largest absolute Gasteiger partial charge is 0.441 e. The molecule has 2 aromatic rings. The average Bonchev–Trinajstić information content (AvgIpc) is 3.24. The van der Waals surface area contributed by atoms with Crippen molar-refractivity contribution in [2.24, 2.45) is 13.0 Å². The summed E-state index contributed by atoms with van der Waals surface area (Å²) in [6.45, 7) is 1.28. The first-order chi connectivity index (χ1) is 13.9. The Morgan fingerprint density at radius 2 is 2.00 bits per heavy atom. The number of fused-ring (bicyclic) bond motifs is 1. The summed E-state index contributed by atoms with van der Waals surface area (Å²) in [7, 11) is 3.63. The maximum Gasteiger partial charge on any atom is 0.410 e. The third kappa shape index (κ3) is 2.90. The Balaban J connectivity index is 1.37. The molecule has 1 aromatic heterocycles. The van der Waals surface area contributed by atoms with Gasteiger partial charge < -0.3 is 14.5 Å². The number of carbonyl (C=O) groups is 2.